The first-order chi connectivity index (χ1) is 7.34. The van der Waals surface area contributed by atoms with Crippen LogP contribution in [0.4, 0.5) is 6.01 Å². The highest BCUT2D eigenvalue weighted by atomic mass is 16.4. The zero-order chi connectivity index (χ0) is 10.3. The Morgan fingerprint density at radius 3 is 3.07 bits per heavy atom. The van der Waals surface area contributed by atoms with Crippen LogP contribution in [-0.2, 0) is 0 Å². The van der Waals surface area contributed by atoms with Crippen molar-refractivity contribution in [3.05, 3.63) is 24.5 Å². The van der Waals surface area contributed by atoms with E-state index >= 15 is 0 Å². The van der Waals surface area contributed by atoms with Crippen molar-refractivity contribution in [1.29, 1.82) is 0 Å². The molecule has 6 nitrogen and oxygen atoms in total. The number of rotatable bonds is 1. The molecule has 3 aromatic heterocycles. The fourth-order valence-electron chi connectivity index (χ4n) is 1.48. The topological polar surface area (TPSA) is 93.6 Å². The Morgan fingerprint density at radius 2 is 2.27 bits per heavy atom. The molecular weight excluding hydrogens is 194 g/mol. The number of nitrogens with two attached hydrogens (primary N) is 1. The fourth-order valence-corrected chi connectivity index (χ4v) is 1.48. The first-order valence-electron chi connectivity index (χ1n) is 4.36. The number of hydrogen-bond acceptors (Lipinski definition) is 5. The summed E-state index contributed by atoms with van der Waals surface area (Å²) < 4.78 is 5.14. The minimum absolute atomic E-state index is 0.0586. The van der Waals surface area contributed by atoms with Crippen molar-refractivity contribution in [1.82, 2.24) is 20.2 Å². The number of fused-ring (bicyclic) bond motifs is 1. The standard InChI is InChI=1S/C9H7N5O/c10-9-14-13-8(15-9)6-4-12-7-5(6)2-1-3-11-7/h1-4H,(H2,10,14)(H,11,12). The van der Waals surface area contributed by atoms with Crippen LogP contribution in [0.1, 0.15) is 0 Å². The first kappa shape index (κ1) is 7.98. The van der Waals surface area contributed by atoms with Gasteiger partial charge in [0, 0.05) is 17.8 Å². The second-order valence-electron chi connectivity index (χ2n) is 3.05. The quantitative estimate of drug-likeness (QED) is 0.616. The Morgan fingerprint density at radius 1 is 1.33 bits per heavy atom. The molecule has 0 aliphatic rings. The van der Waals surface area contributed by atoms with Crippen LogP contribution in [-0.4, -0.2) is 20.2 Å². The maximum Gasteiger partial charge on any atom is 0.313 e. The number of nitrogens with one attached hydrogen (secondary N) is 1. The van der Waals surface area contributed by atoms with E-state index in [2.05, 4.69) is 20.2 Å². The molecule has 0 radical (unpaired) electrons. The summed E-state index contributed by atoms with van der Waals surface area (Å²) in [5.41, 5.74) is 6.95. The average molecular weight is 201 g/mol. The minimum atomic E-state index is 0.0586. The lowest BCUT2D eigenvalue weighted by molar-refractivity contribution is 0.591. The lowest BCUT2D eigenvalue weighted by Crippen LogP contribution is -1.81. The molecule has 0 atom stereocenters. The van der Waals surface area contributed by atoms with Gasteiger partial charge in [-0.15, -0.1) is 5.10 Å². The predicted molar refractivity (Wildman–Crippen MR) is 53.8 cm³/mol. The van der Waals surface area contributed by atoms with Crippen molar-refractivity contribution >= 4 is 17.0 Å². The third-order valence-corrected chi connectivity index (χ3v) is 2.12. The number of aromatic amines is 1. The molecule has 3 aromatic rings. The highest BCUT2D eigenvalue weighted by Crippen LogP contribution is 2.26. The largest absolute Gasteiger partial charge is 0.403 e. The van der Waals surface area contributed by atoms with Crippen LogP contribution >= 0.6 is 0 Å². The number of nitrogens with zero attached hydrogens (tertiary/aromatic N) is 3. The molecule has 74 valence electrons. The van der Waals surface area contributed by atoms with Crippen molar-refractivity contribution in [2.24, 2.45) is 0 Å². The van der Waals surface area contributed by atoms with E-state index < -0.39 is 0 Å². The number of H-pyrrole nitrogens is 1. The third kappa shape index (κ3) is 1.15. The second-order valence-corrected chi connectivity index (χ2v) is 3.05. The molecule has 3 N–H and O–H groups in total. The van der Waals surface area contributed by atoms with Gasteiger partial charge in [0.15, 0.2) is 0 Å². The maximum atomic E-state index is 5.36. The second kappa shape index (κ2) is 2.81. The van der Waals surface area contributed by atoms with Gasteiger partial charge in [-0.05, 0) is 12.1 Å². The van der Waals surface area contributed by atoms with Gasteiger partial charge in [-0.1, -0.05) is 5.10 Å². The van der Waals surface area contributed by atoms with Crippen molar-refractivity contribution < 1.29 is 4.42 Å². The van der Waals surface area contributed by atoms with Gasteiger partial charge in [-0.3, -0.25) is 0 Å². The maximum absolute atomic E-state index is 5.36. The number of nitrogen functional groups attached to an aromatic ring is 1. The molecule has 0 saturated heterocycles. The highest BCUT2D eigenvalue weighted by molar-refractivity contribution is 5.90. The Labute approximate surface area is 84.1 Å². The van der Waals surface area contributed by atoms with E-state index in [0.717, 1.165) is 16.6 Å². The summed E-state index contributed by atoms with van der Waals surface area (Å²) in [4.78, 5) is 7.17. The zero-order valence-corrected chi connectivity index (χ0v) is 7.64. The van der Waals surface area contributed by atoms with E-state index in [9.17, 15) is 0 Å². The summed E-state index contributed by atoms with van der Waals surface area (Å²) in [7, 11) is 0. The molecule has 0 spiro atoms. The van der Waals surface area contributed by atoms with Gasteiger partial charge in [0.25, 0.3) is 5.89 Å². The van der Waals surface area contributed by atoms with Crippen LogP contribution in [0.5, 0.6) is 0 Å². The van der Waals surface area contributed by atoms with Crippen LogP contribution < -0.4 is 5.73 Å². The van der Waals surface area contributed by atoms with E-state index in [0.29, 0.717) is 5.89 Å². The Bertz CT molecular complexity index is 612. The van der Waals surface area contributed by atoms with Gasteiger partial charge in [-0.2, -0.15) is 0 Å². The normalized spacial score (nSPS) is 10.9. The fraction of sp³-hybridized carbons (Fsp3) is 0. The molecule has 15 heavy (non-hydrogen) atoms. The van der Waals surface area contributed by atoms with Gasteiger partial charge >= 0.3 is 6.01 Å². The minimum Gasteiger partial charge on any atom is -0.403 e. The van der Waals surface area contributed by atoms with E-state index in [-0.39, 0.29) is 6.01 Å². The van der Waals surface area contributed by atoms with Crippen molar-refractivity contribution in [3.63, 3.8) is 0 Å². The van der Waals surface area contributed by atoms with Gasteiger partial charge in [0.2, 0.25) is 0 Å². The van der Waals surface area contributed by atoms with Gasteiger partial charge < -0.3 is 15.1 Å². The van der Waals surface area contributed by atoms with Gasteiger partial charge in [0.05, 0.1) is 5.56 Å². The van der Waals surface area contributed by atoms with Crippen LogP contribution in [0.15, 0.2) is 28.9 Å². The molecule has 6 heteroatoms. The summed E-state index contributed by atoms with van der Waals surface area (Å²) >= 11 is 0. The summed E-state index contributed by atoms with van der Waals surface area (Å²) in [6.45, 7) is 0. The number of anilines is 1. The van der Waals surface area contributed by atoms with Crippen LogP contribution in [0.2, 0.25) is 0 Å². The predicted octanol–water partition coefficient (Wildman–Crippen LogP) is 1.20. The van der Waals surface area contributed by atoms with Gasteiger partial charge in [0.1, 0.15) is 5.65 Å². The van der Waals surface area contributed by atoms with Crippen molar-refractivity contribution in [3.8, 4) is 11.5 Å². The lowest BCUT2D eigenvalue weighted by atomic mass is 10.2. The number of pyridine rings is 1. The molecule has 0 aliphatic heterocycles. The van der Waals surface area contributed by atoms with Crippen LogP contribution in [0.3, 0.4) is 0 Å². The third-order valence-electron chi connectivity index (χ3n) is 2.12. The summed E-state index contributed by atoms with van der Waals surface area (Å²) in [5, 5.41) is 8.36. The molecule has 0 amide bonds. The monoisotopic (exact) mass is 201 g/mol. The molecule has 3 heterocycles. The SMILES string of the molecule is Nc1nnc(-c2c[nH]c3ncccc23)o1. The smallest absolute Gasteiger partial charge is 0.313 e. The van der Waals surface area contributed by atoms with Crippen LogP contribution in [0, 0.1) is 0 Å². The molecule has 3 rings (SSSR count). The van der Waals surface area contributed by atoms with E-state index in [4.69, 9.17) is 10.2 Å². The highest BCUT2D eigenvalue weighted by Gasteiger charge is 2.11. The number of aromatic nitrogens is 4. The molecule has 0 bridgehead atoms. The number of hydrogen-bond donors (Lipinski definition) is 2. The molecule has 0 aliphatic carbocycles. The van der Waals surface area contributed by atoms with Gasteiger partial charge in [-0.25, -0.2) is 4.98 Å². The van der Waals surface area contributed by atoms with E-state index in [1.165, 1.54) is 0 Å². The zero-order valence-electron chi connectivity index (χ0n) is 7.64. The van der Waals surface area contributed by atoms with Crippen molar-refractivity contribution in [2.75, 3.05) is 5.73 Å². The lowest BCUT2D eigenvalue weighted by Gasteiger charge is -1.90. The summed E-state index contributed by atoms with van der Waals surface area (Å²) in [6, 6.07) is 3.83. The summed E-state index contributed by atoms with van der Waals surface area (Å²) in [6.07, 6.45) is 3.48. The van der Waals surface area contributed by atoms with E-state index in [1.54, 1.807) is 12.4 Å². The van der Waals surface area contributed by atoms with E-state index in [1.807, 2.05) is 12.1 Å². The Hall–Kier alpha value is -2.37. The van der Waals surface area contributed by atoms with Crippen LogP contribution in [0.25, 0.3) is 22.5 Å². The Kier molecular flexibility index (Phi) is 1.49. The average Bonchev–Trinajstić information content (AvgIpc) is 2.83. The molecule has 0 aromatic carbocycles. The molecular formula is C9H7N5O. The first-order valence-corrected chi connectivity index (χ1v) is 4.36. The summed E-state index contributed by atoms with van der Waals surface area (Å²) in [5.74, 6) is 0.395. The molecule has 0 saturated carbocycles. The molecule has 0 unspecified atom stereocenters. The molecule has 0 fully saturated rings. The Balaban J connectivity index is 2.27. The van der Waals surface area contributed by atoms with Crippen molar-refractivity contribution in [2.45, 2.75) is 0 Å².